The Morgan fingerprint density at radius 3 is 2.78 bits per heavy atom. The predicted molar refractivity (Wildman–Crippen MR) is 65.9 cm³/mol. The van der Waals surface area contributed by atoms with Crippen LogP contribution in [0.1, 0.15) is 12.0 Å². The van der Waals surface area contributed by atoms with Gasteiger partial charge in [-0.15, -0.1) is 0 Å². The Bertz CT molecular complexity index is 518. The van der Waals surface area contributed by atoms with Crippen LogP contribution in [0.2, 0.25) is 0 Å². The molecule has 0 bridgehead atoms. The fraction of sp³-hybridized carbons (Fsp3) is 0.500. The smallest absolute Gasteiger partial charge is 0.212 e. The summed E-state index contributed by atoms with van der Waals surface area (Å²) in [5.74, 6) is -0.609. The number of sulfonamides is 1. The highest BCUT2D eigenvalue weighted by atomic mass is 32.2. The molecule has 0 aromatic heterocycles. The van der Waals surface area contributed by atoms with Crippen LogP contribution >= 0.6 is 0 Å². The molecule has 0 unspecified atom stereocenters. The summed E-state index contributed by atoms with van der Waals surface area (Å²) in [4.78, 5) is 0. The van der Waals surface area contributed by atoms with E-state index in [1.165, 1.54) is 6.07 Å². The Morgan fingerprint density at radius 1 is 1.39 bits per heavy atom. The van der Waals surface area contributed by atoms with Crippen molar-refractivity contribution in [2.24, 2.45) is 11.1 Å². The maximum atomic E-state index is 13.5. The molecular formula is C12H16FNO3S. The molecule has 6 heteroatoms. The highest BCUT2D eigenvalue weighted by Gasteiger charge is 2.34. The predicted octanol–water partition coefficient (Wildman–Crippen LogP) is 1.06. The van der Waals surface area contributed by atoms with Gasteiger partial charge in [-0.25, -0.2) is 17.9 Å². The van der Waals surface area contributed by atoms with Gasteiger partial charge in [-0.3, -0.25) is 0 Å². The Labute approximate surface area is 106 Å². The summed E-state index contributed by atoms with van der Waals surface area (Å²) in [5, 5.41) is 4.57. The molecule has 18 heavy (non-hydrogen) atoms. The van der Waals surface area contributed by atoms with Crippen molar-refractivity contribution in [3.63, 3.8) is 0 Å². The Balaban J connectivity index is 2.18. The molecule has 0 spiro atoms. The number of rotatable bonds is 3. The van der Waals surface area contributed by atoms with Gasteiger partial charge in [0.05, 0.1) is 11.9 Å². The summed E-state index contributed by atoms with van der Waals surface area (Å²) < 4.78 is 41.8. The largest absolute Gasteiger partial charge is 0.381 e. The second kappa shape index (κ2) is 5.34. The third kappa shape index (κ3) is 3.07. The van der Waals surface area contributed by atoms with Crippen molar-refractivity contribution in [1.29, 1.82) is 0 Å². The molecule has 1 fully saturated rings. The second-order valence-corrected chi connectivity index (χ2v) is 6.33. The first-order valence-electron chi connectivity index (χ1n) is 5.81. The van der Waals surface area contributed by atoms with Crippen LogP contribution in [0.4, 0.5) is 4.39 Å². The molecule has 0 radical (unpaired) electrons. The van der Waals surface area contributed by atoms with Gasteiger partial charge < -0.3 is 4.74 Å². The molecule has 0 amide bonds. The summed E-state index contributed by atoms with van der Waals surface area (Å²) in [6, 6.07) is 6.36. The fourth-order valence-electron chi connectivity index (χ4n) is 2.35. The van der Waals surface area contributed by atoms with E-state index in [1.54, 1.807) is 18.2 Å². The SMILES string of the molecule is NS(=O)(=O)[C@@H]1CCOC[C@@H]1Cc1ccccc1F. The van der Waals surface area contributed by atoms with Gasteiger partial charge in [0.1, 0.15) is 5.82 Å². The normalized spacial score (nSPS) is 25.0. The summed E-state index contributed by atoms with van der Waals surface area (Å²) in [5.41, 5.74) is 0.502. The van der Waals surface area contributed by atoms with Crippen molar-refractivity contribution in [3.05, 3.63) is 35.6 Å². The minimum Gasteiger partial charge on any atom is -0.381 e. The molecule has 1 aliphatic heterocycles. The minimum atomic E-state index is -3.61. The maximum Gasteiger partial charge on any atom is 0.212 e. The van der Waals surface area contributed by atoms with Crippen LogP contribution in [0.5, 0.6) is 0 Å². The molecule has 1 aromatic carbocycles. The molecule has 2 N–H and O–H groups in total. The number of halogens is 1. The zero-order valence-corrected chi connectivity index (χ0v) is 10.7. The average Bonchev–Trinajstić information content (AvgIpc) is 2.31. The molecule has 1 aromatic rings. The third-order valence-corrected chi connectivity index (χ3v) is 4.73. The highest BCUT2D eigenvalue weighted by Crippen LogP contribution is 2.25. The Hall–Kier alpha value is -0.980. The van der Waals surface area contributed by atoms with Crippen LogP contribution in [-0.2, 0) is 21.2 Å². The molecular weight excluding hydrogens is 257 g/mol. The lowest BCUT2D eigenvalue weighted by atomic mass is 9.93. The number of hydrogen-bond donors (Lipinski definition) is 1. The molecule has 0 saturated carbocycles. The molecule has 4 nitrogen and oxygen atoms in total. The van der Waals surface area contributed by atoms with Crippen LogP contribution in [0.25, 0.3) is 0 Å². The molecule has 2 rings (SSSR count). The van der Waals surface area contributed by atoms with Gasteiger partial charge in [0.15, 0.2) is 0 Å². The van der Waals surface area contributed by atoms with Gasteiger partial charge in [-0.2, -0.15) is 0 Å². The Kier molecular flexibility index (Phi) is 3.99. The second-order valence-electron chi connectivity index (χ2n) is 4.55. The molecule has 1 saturated heterocycles. The summed E-state index contributed by atoms with van der Waals surface area (Å²) in [6.07, 6.45) is 0.700. The zero-order chi connectivity index (χ0) is 13.2. The van der Waals surface area contributed by atoms with Gasteiger partial charge in [0.2, 0.25) is 10.0 Å². The quantitative estimate of drug-likeness (QED) is 0.895. The Morgan fingerprint density at radius 2 is 2.11 bits per heavy atom. The lowest BCUT2D eigenvalue weighted by molar-refractivity contribution is 0.0570. The zero-order valence-electron chi connectivity index (χ0n) is 9.88. The number of ether oxygens (including phenoxy) is 1. The topological polar surface area (TPSA) is 69.4 Å². The highest BCUT2D eigenvalue weighted by molar-refractivity contribution is 7.89. The van der Waals surface area contributed by atoms with Crippen molar-refractivity contribution in [1.82, 2.24) is 0 Å². The summed E-state index contributed by atoms with van der Waals surface area (Å²) in [6.45, 7) is 0.685. The lowest BCUT2D eigenvalue weighted by Crippen LogP contribution is -2.42. The first kappa shape index (κ1) is 13.5. The van der Waals surface area contributed by atoms with Gasteiger partial charge in [0.25, 0.3) is 0 Å². The van der Waals surface area contributed by atoms with Gasteiger partial charge >= 0.3 is 0 Å². The first-order valence-corrected chi connectivity index (χ1v) is 7.42. The van der Waals surface area contributed by atoms with E-state index < -0.39 is 15.3 Å². The van der Waals surface area contributed by atoms with Gasteiger partial charge in [-0.1, -0.05) is 18.2 Å². The molecule has 1 heterocycles. The summed E-state index contributed by atoms with van der Waals surface area (Å²) >= 11 is 0. The van der Waals surface area contributed by atoms with Crippen molar-refractivity contribution in [2.75, 3.05) is 13.2 Å². The standard InChI is InChI=1S/C12H16FNO3S/c13-11-4-2-1-3-9(11)7-10-8-17-6-5-12(10)18(14,15)16/h1-4,10,12H,5-8H2,(H2,14,15,16)/t10-,12+/m0/s1. The van der Waals surface area contributed by atoms with E-state index in [0.29, 0.717) is 31.6 Å². The molecule has 100 valence electrons. The number of hydrogen-bond acceptors (Lipinski definition) is 3. The van der Waals surface area contributed by atoms with E-state index in [-0.39, 0.29) is 11.7 Å². The van der Waals surface area contributed by atoms with Crippen LogP contribution in [0.15, 0.2) is 24.3 Å². The van der Waals surface area contributed by atoms with Crippen molar-refractivity contribution < 1.29 is 17.5 Å². The van der Waals surface area contributed by atoms with Crippen LogP contribution < -0.4 is 5.14 Å². The third-order valence-electron chi connectivity index (χ3n) is 3.27. The van der Waals surface area contributed by atoms with E-state index in [2.05, 4.69) is 0 Å². The number of benzene rings is 1. The van der Waals surface area contributed by atoms with Crippen LogP contribution in [-0.4, -0.2) is 26.9 Å². The fourth-order valence-corrected chi connectivity index (χ4v) is 3.48. The van der Waals surface area contributed by atoms with E-state index in [1.807, 2.05) is 0 Å². The minimum absolute atomic E-state index is 0.286. The summed E-state index contributed by atoms with van der Waals surface area (Å²) in [7, 11) is -3.61. The van der Waals surface area contributed by atoms with Gasteiger partial charge in [0, 0.05) is 12.5 Å². The van der Waals surface area contributed by atoms with E-state index in [9.17, 15) is 12.8 Å². The van der Waals surface area contributed by atoms with Crippen LogP contribution in [0.3, 0.4) is 0 Å². The molecule has 2 atom stereocenters. The van der Waals surface area contributed by atoms with Crippen molar-refractivity contribution in [2.45, 2.75) is 18.1 Å². The van der Waals surface area contributed by atoms with Crippen molar-refractivity contribution in [3.8, 4) is 0 Å². The van der Waals surface area contributed by atoms with E-state index in [0.717, 1.165) is 0 Å². The number of primary sulfonamides is 1. The average molecular weight is 273 g/mol. The molecule has 0 aliphatic carbocycles. The maximum absolute atomic E-state index is 13.5. The van der Waals surface area contributed by atoms with E-state index >= 15 is 0 Å². The molecule has 1 aliphatic rings. The van der Waals surface area contributed by atoms with Crippen LogP contribution in [0, 0.1) is 11.7 Å². The van der Waals surface area contributed by atoms with E-state index in [4.69, 9.17) is 9.88 Å². The van der Waals surface area contributed by atoms with Gasteiger partial charge in [-0.05, 0) is 24.5 Å². The first-order chi connectivity index (χ1) is 8.48. The van der Waals surface area contributed by atoms with Crippen molar-refractivity contribution >= 4 is 10.0 Å². The number of nitrogens with two attached hydrogens (primary N) is 1. The lowest BCUT2D eigenvalue weighted by Gasteiger charge is -2.30. The monoisotopic (exact) mass is 273 g/mol.